The fraction of sp³-hybridized carbons (Fsp3) is 0.364. The number of thiophene rings is 1. The van der Waals surface area contributed by atoms with Crippen molar-refractivity contribution in [2.24, 2.45) is 0 Å². The van der Waals surface area contributed by atoms with E-state index in [4.69, 9.17) is 0 Å². The van der Waals surface area contributed by atoms with E-state index in [1.165, 1.54) is 9.75 Å². The van der Waals surface area contributed by atoms with Gasteiger partial charge in [0, 0.05) is 23.7 Å². The smallest absolute Gasteiger partial charge is 0.133 e. The third-order valence-electron chi connectivity index (χ3n) is 2.02. The predicted octanol–water partition coefficient (Wildman–Crippen LogP) is 4.13. The van der Waals surface area contributed by atoms with Crippen molar-refractivity contribution in [3.8, 4) is 9.88 Å². The molecule has 2 heterocycles. The molecule has 0 saturated heterocycles. The zero-order valence-electron chi connectivity index (χ0n) is 9.16. The van der Waals surface area contributed by atoms with Gasteiger partial charge in [-0.05, 0) is 28.1 Å². The summed E-state index contributed by atoms with van der Waals surface area (Å²) in [6, 6.07) is 4.68. The van der Waals surface area contributed by atoms with Gasteiger partial charge in [-0.15, -0.1) is 22.7 Å². The number of aromatic nitrogens is 1. The Morgan fingerprint density at radius 2 is 2.19 bits per heavy atom. The summed E-state index contributed by atoms with van der Waals surface area (Å²) in [7, 11) is 0. The molecule has 0 radical (unpaired) electrons. The van der Waals surface area contributed by atoms with Crippen LogP contribution in [0.3, 0.4) is 0 Å². The number of nitrogens with zero attached hydrogens (tertiary/aromatic N) is 1. The first-order valence-electron chi connectivity index (χ1n) is 5.09. The molecule has 1 N–H and O–H groups in total. The summed E-state index contributed by atoms with van der Waals surface area (Å²) in [6.07, 6.45) is 1.96. The summed E-state index contributed by atoms with van der Waals surface area (Å²) in [5.74, 6) is 0. The first-order chi connectivity index (χ1) is 7.65. The maximum Gasteiger partial charge on any atom is 0.133 e. The van der Waals surface area contributed by atoms with Gasteiger partial charge in [0.2, 0.25) is 0 Å². The van der Waals surface area contributed by atoms with E-state index in [1.54, 1.807) is 22.7 Å². The van der Waals surface area contributed by atoms with Crippen LogP contribution in [-0.2, 0) is 6.54 Å². The maximum atomic E-state index is 4.45. The van der Waals surface area contributed by atoms with Gasteiger partial charge in [-0.2, -0.15) is 0 Å². The van der Waals surface area contributed by atoms with Crippen LogP contribution in [0.1, 0.15) is 18.7 Å². The third kappa shape index (κ3) is 3.13. The Labute approximate surface area is 112 Å². The van der Waals surface area contributed by atoms with E-state index in [0.29, 0.717) is 6.04 Å². The summed E-state index contributed by atoms with van der Waals surface area (Å²) in [4.78, 5) is 6.96. The Hall–Kier alpha value is -0.230. The number of thiazole rings is 1. The molecule has 0 bridgehead atoms. The Kier molecular flexibility index (Phi) is 4.13. The number of nitrogens with one attached hydrogen (secondary N) is 1. The number of rotatable bonds is 4. The highest BCUT2D eigenvalue weighted by atomic mass is 79.9. The lowest BCUT2D eigenvalue weighted by Gasteiger charge is -2.04. The molecule has 0 spiro atoms. The van der Waals surface area contributed by atoms with E-state index in [-0.39, 0.29) is 0 Å². The first kappa shape index (κ1) is 12.2. The van der Waals surface area contributed by atoms with Crippen LogP contribution in [0, 0.1) is 0 Å². The number of hydrogen-bond donors (Lipinski definition) is 1. The van der Waals surface area contributed by atoms with E-state index < -0.39 is 0 Å². The summed E-state index contributed by atoms with van der Waals surface area (Å²) >= 11 is 6.95. The topological polar surface area (TPSA) is 24.9 Å². The fourth-order valence-electron chi connectivity index (χ4n) is 1.24. The van der Waals surface area contributed by atoms with Gasteiger partial charge in [0.15, 0.2) is 0 Å². The van der Waals surface area contributed by atoms with Crippen LogP contribution >= 0.6 is 38.6 Å². The highest BCUT2D eigenvalue weighted by Crippen LogP contribution is 2.33. The number of halogens is 1. The summed E-state index contributed by atoms with van der Waals surface area (Å²) in [5.41, 5.74) is 0. The van der Waals surface area contributed by atoms with Crippen molar-refractivity contribution < 1.29 is 0 Å². The third-order valence-corrected chi connectivity index (χ3v) is 4.81. The van der Waals surface area contributed by atoms with Crippen molar-refractivity contribution in [3.05, 3.63) is 27.0 Å². The molecular weight excluding hydrogens is 304 g/mol. The Balaban J connectivity index is 2.07. The van der Waals surface area contributed by atoms with Gasteiger partial charge in [0.25, 0.3) is 0 Å². The molecule has 0 unspecified atom stereocenters. The lowest BCUT2D eigenvalue weighted by atomic mass is 10.4. The van der Waals surface area contributed by atoms with Crippen LogP contribution in [-0.4, -0.2) is 11.0 Å². The SMILES string of the molecule is CC(C)NCc1cnc(-c2ccc(Br)s2)s1. The molecule has 16 heavy (non-hydrogen) atoms. The average molecular weight is 317 g/mol. The van der Waals surface area contributed by atoms with Gasteiger partial charge in [-0.25, -0.2) is 4.98 Å². The van der Waals surface area contributed by atoms with Crippen molar-refractivity contribution in [3.63, 3.8) is 0 Å². The molecule has 0 atom stereocenters. The Bertz CT molecular complexity index is 462. The highest BCUT2D eigenvalue weighted by Gasteiger charge is 2.07. The highest BCUT2D eigenvalue weighted by molar-refractivity contribution is 9.11. The molecule has 0 aromatic carbocycles. The molecule has 0 aliphatic carbocycles. The molecule has 86 valence electrons. The van der Waals surface area contributed by atoms with Crippen LogP contribution in [0.2, 0.25) is 0 Å². The predicted molar refractivity (Wildman–Crippen MR) is 75.1 cm³/mol. The molecule has 2 aromatic heterocycles. The lowest BCUT2D eigenvalue weighted by Crippen LogP contribution is -2.21. The minimum atomic E-state index is 0.515. The van der Waals surface area contributed by atoms with Crippen LogP contribution < -0.4 is 5.32 Å². The molecule has 2 nitrogen and oxygen atoms in total. The zero-order chi connectivity index (χ0) is 11.5. The second-order valence-electron chi connectivity index (χ2n) is 3.77. The Morgan fingerprint density at radius 1 is 1.38 bits per heavy atom. The van der Waals surface area contributed by atoms with Crippen molar-refractivity contribution in [2.75, 3.05) is 0 Å². The van der Waals surface area contributed by atoms with Crippen molar-refractivity contribution >= 4 is 38.6 Å². The zero-order valence-corrected chi connectivity index (χ0v) is 12.4. The fourth-order valence-corrected chi connectivity index (χ4v) is 3.55. The largest absolute Gasteiger partial charge is 0.310 e. The molecule has 0 saturated carbocycles. The van der Waals surface area contributed by atoms with Crippen molar-refractivity contribution in [2.45, 2.75) is 26.4 Å². The van der Waals surface area contributed by atoms with E-state index >= 15 is 0 Å². The van der Waals surface area contributed by atoms with E-state index in [2.05, 4.69) is 52.2 Å². The van der Waals surface area contributed by atoms with Gasteiger partial charge in [-0.1, -0.05) is 13.8 Å². The van der Waals surface area contributed by atoms with E-state index in [0.717, 1.165) is 15.3 Å². The monoisotopic (exact) mass is 316 g/mol. The number of hydrogen-bond acceptors (Lipinski definition) is 4. The second kappa shape index (κ2) is 5.40. The minimum absolute atomic E-state index is 0.515. The van der Waals surface area contributed by atoms with Crippen molar-refractivity contribution in [1.82, 2.24) is 10.3 Å². The average Bonchev–Trinajstić information content (AvgIpc) is 2.83. The lowest BCUT2D eigenvalue weighted by molar-refractivity contribution is 0.593. The molecule has 0 aliphatic rings. The summed E-state index contributed by atoms with van der Waals surface area (Å²) < 4.78 is 1.15. The molecule has 2 aromatic rings. The standard InChI is InChI=1S/C11H13BrN2S2/c1-7(2)13-5-8-6-14-11(15-8)9-3-4-10(12)16-9/h3-4,6-7,13H,5H2,1-2H3. The van der Waals surface area contributed by atoms with E-state index in [9.17, 15) is 0 Å². The van der Waals surface area contributed by atoms with Crippen LogP contribution in [0.4, 0.5) is 0 Å². The normalized spacial score (nSPS) is 11.2. The van der Waals surface area contributed by atoms with Gasteiger partial charge in [-0.3, -0.25) is 0 Å². The van der Waals surface area contributed by atoms with Gasteiger partial charge < -0.3 is 5.32 Å². The second-order valence-corrected chi connectivity index (χ2v) is 7.35. The quantitative estimate of drug-likeness (QED) is 0.917. The summed E-state index contributed by atoms with van der Waals surface area (Å²) in [5, 5.41) is 4.50. The molecule has 0 aliphatic heterocycles. The van der Waals surface area contributed by atoms with Gasteiger partial charge in [0.05, 0.1) is 8.66 Å². The molecular formula is C11H13BrN2S2. The van der Waals surface area contributed by atoms with E-state index in [1.807, 2.05) is 6.20 Å². The summed E-state index contributed by atoms with van der Waals surface area (Å²) in [6.45, 7) is 5.21. The van der Waals surface area contributed by atoms with Crippen molar-refractivity contribution in [1.29, 1.82) is 0 Å². The minimum Gasteiger partial charge on any atom is -0.310 e. The first-order valence-corrected chi connectivity index (χ1v) is 7.51. The Morgan fingerprint density at radius 3 is 2.81 bits per heavy atom. The van der Waals surface area contributed by atoms with Crippen LogP contribution in [0.5, 0.6) is 0 Å². The molecule has 5 heteroatoms. The molecule has 0 fully saturated rings. The maximum absolute atomic E-state index is 4.45. The van der Waals surface area contributed by atoms with Crippen LogP contribution in [0.15, 0.2) is 22.1 Å². The van der Waals surface area contributed by atoms with Gasteiger partial charge in [0.1, 0.15) is 5.01 Å². The van der Waals surface area contributed by atoms with Gasteiger partial charge >= 0.3 is 0 Å². The van der Waals surface area contributed by atoms with Crippen LogP contribution in [0.25, 0.3) is 9.88 Å². The molecule has 0 amide bonds. The molecule has 2 rings (SSSR count).